The molecule has 6 nitrogen and oxygen atoms in total. The number of hydrogen-bond acceptors (Lipinski definition) is 4. The Bertz CT molecular complexity index is 1190. The second kappa shape index (κ2) is 7.04. The zero-order valence-electron chi connectivity index (χ0n) is 16.3. The third kappa shape index (κ3) is 3.07. The van der Waals surface area contributed by atoms with E-state index in [1.807, 2.05) is 31.3 Å². The van der Waals surface area contributed by atoms with E-state index in [1.165, 1.54) is 0 Å². The number of aliphatic hydroxyl groups excluding tert-OH is 1. The van der Waals surface area contributed by atoms with Gasteiger partial charge in [0.25, 0.3) is 0 Å². The van der Waals surface area contributed by atoms with Crippen molar-refractivity contribution in [1.82, 2.24) is 19.4 Å². The average Bonchev–Trinajstić information content (AvgIpc) is 3.31. The van der Waals surface area contributed by atoms with Crippen molar-refractivity contribution < 1.29 is 5.11 Å². The van der Waals surface area contributed by atoms with Gasteiger partial charge in [-0.3, -0.25) is 4.40 Å². The zero-order valence-corrected chi connectivity index (χ0v) is 17.0. The van der Waals surface area contributed by atoms with Gasteiger partial charge >= 0.3 is 0 Å². The summed E-state index contributed by atoms with van der Waals surface area (Å²) >= 11 is 6.36. The Labute approximate surface area is 173 Å². The van der Waals surface area contributed by atoms with Gasteiger partial charge in [0, 0.05) is 23.7 Å². The number of nitrogens with one attached hydrogen (secondary N) is 1. The first-order valence-corrected chi connectivity index (χ1v) is 10.5. The number of nitrogen functional groups attached to an aromatic ring is 1. The van der Waals surface area contributed by atoms with Crippen LogP contribution in [0.15, 0.2) is 36.7 Å². The van der Waals surface area contributed by atoms with Crippen LogP contribution in [0.1, 0.15) is 44.3 Å². The Kier molecular flexibility index (Phi) is 4.48. The lowest BCUT2D eigenvalue weighted by Gasteiger charge is -2.29. The van der Waals surface area contributed by atoms with Gasteiger partial charge in [-0.05, 0) is 50.7 Å². The van der Waals surface area contributed by atoms with Crippen LogP contribution in [0.5, 0.6) is 0 Å². The number of hydrogen-bond donors (Lipinski definition) is 3. The molecule has 4 N–H and O–H groups in total. The monoisotopic (exact) mass is 409 g/mol. The first kappa shape index (κ1) is 18.5. The quantitative estimate of drug-likeness (QED) is 0.454. The highest BCUT2D eigenvalue weighted by Gasteiger charge is 2.29. The molecule has 1 atom stereocenters. The fourth-order valence-electron chi connectivity index (χ4n) is 4.67. The van der Waals surface area contributed by atoms with Crippen molar-refractivity contribution in [2.45, 2.75) is 44.6 Å². The normalized spacial score (nSPS) is 21.1. The summed E-state index contributed by atoms with van der Waals surface area (Å²) in [6.07, 6.45) is 7.45. The lowest BCUT2D eigenvalue weighted by atomic mass is 9.79. The van der Waals surface area contributed by atoms with Crippen LogP contribution in [0.4, 0.5) is 5.82 Å². The van der Waals surface area contributed by atoms with E-state index in [2.05, 4.69) is 20.4 Å². The van der Waals surface area contributed by atoms with Crippen molar-refractivity contribution in [3.8, 4) is 11.4 Å². The van der Waals surface area contributed by atoms with Crippen LogP contribution in [0.25, 0.3) is 27.8 Å². The van der Waals surface area contributed by atoms with Gasteiger partial charge in [0.1, 0.15) is 22.9 Å². The second-order valence-corrected chi connectivity index (χ2v) is 8.50. The van der Waals surface area contributed by atoms with Crippen LogP contribution in [-0.4, -0.2) is 30.6 Å². The number of aromatic nitrogens is 4. The molecule has 29 heavy (non-hydrogen) atoms. The van der Waals surface area contributed by atoms with E-state index in [1.54, 1.807) is 6.20 Å². The number of rotatable bonds is 3. The lowest BCUT2D eigenvalue weighted by molar-refractivity contribution is 0.0960. The summed E-state index contributed by atoms with van der Waals surface area (Å²) in [5.74, 6) is 2.18. The zero-order chi connectivity index (χ0) is 20.1. The molecule has 3 heterocycles. The molecule has 7 heteroatoms. The molecule has 0 saturated heterocycles. The summed E-state index contributed by atoms with van der Waals surface area (Å²) in [6, 6.07) is 7.90. The third-order valence-corrected chi connectivity index (χ3v) is 6.61. The maximum absolute atomic E-state index is 9.93. The minimum Gasteiger partial charge on any atom is -0.393 e. The summed E-state index contributed by atoms with van der Waals surface area (Å²) in [7, 11) is 0. The van der Waals surface area contributed by atoms with Gasteiger partial charge in [-0.2, -0.15) is 0 Å². The number of benzene rings is 1. The van der Waals surface area contributed by atoms with Crippen LogP contribution in [0.3, 0.4) is 0 Å². The van der Waals surface area contributed by atoms with Gasteiger partial charge in [-0.25, -0.2) is 9.97 Å². The Morgan fingerprint density at radius 3 is 2.79 bits per heavy atom. The number of fused-ring (bicyclic) bond motifs is 2. The van der Waals surface area contributed by atoms with Crippen molar-refractivity contribution in [2.24, 2.45) is 5.92 Å². The molecule has 3 aromatic heterocycles. The highest BCUT2D eigenvalue weighted by atomic mass is 35.5. The van der Waals surface area contributed by atoms with Crippen molar-refractivity contribution in [2.75, 3.05) is 5.73 Å². The van der Waals surface area contributed by atoms with Crippen LogP contribution in [0, 0.1) is 5.92 Å². The minimum atomic E-state index is -0.250. The standard InChI is InChI=1S/C22H24ClN5O/c1-12(29)13-5-7-14(8-6-13)22-27-19(20-21(24)25-9-10-28(20)22)17-11-15-3-2-4-16(23)18(15)26-17/h2-4,9-14,26,29H,5-8H2,1H3,(H2,24,25). The van der Waals surface area contributed by atoms with Crippen LogP contribution in [0.2, 0.25) is 5.02 Å². The number of nitrogens with zero attached hydrogens (tertiary/aromatic N) is 3. The van der Waals surface area contributed by atoms with E-state index in [0.717, 1.165) is 59.3 Å². The van der Waals surface area contributed by atoms with Gasteiger partial charge in [0.05, 0.1) is 22.3 Å². The molecule has 5 rings (SSSR count). The number of aliphatic hydroxyl groups is 1. The molecule has 0 radical (unpaired) electrons. The van der Waals surface area contributed by atoms with E-state index in [-0.39, 0.29) is 6.10 Å². The molecule has 0 bridgehead atoms. The Morgan fingerprint density at radius 1 is 1.28 bits per heavy atom. The van der Waals surface area contributed by atoms with Crippen LogP contribution in [-0.2, 0) is 0 Å². The van der Waals surface area contributed by atoms with Crippen molar-refractivity contribution >= 4 is 33.8 Å². The number of anilines is 1. The topological polar surface area (TPSA) is 92.2 Å². The molecule has 1 aromatic carbocycles. The third-order valence-electron chi connectivity index (χ3n) is 6.29. The fraction of sp³-hybridized carbons (Fsp3) is 0.364. The molecule has 1 unspecified atom stereocenters. The van der Waals surface area contributed by atoms with Gasteiger partial charge in [-0.15, -0.1) is 0 Å². The predicted molar refractivity (Wildman–Crippen MR) is 116 cm³/mol. The van der Waals surface area contributed by atoms with E-state index in [9.17, 15) is 5.11 Å². The number of imidazole rings is 1. The highest BCUT2D eigenvalue weighted by molar-refractivity contribution is 6.35. The first-order chi connectivity index (χ1) is 14.0. The van der Waals surface area contributed by atoms with E-state index < -0.39 is 0 Å². The molecule has 1 aliphatic rings. The molecular weight excluding hydrogens is 386 g/mol. The van der Waals surface area contributed by atoms with Crippen molar-refractivity contribution in [3.63, 3.8) is 0 Å². The molecular formula is C22H24ClN5O. The van der Waals surface area contributed by atoms with Gasteiger partial charge < -0.3 is 15.8 Å². The number of halogens is 1. The summed E-state index contributed by atoms with van der Waals surface area (Å²) in [6.45, 7) is 1.89. The fourth-order valence-corrected chi connectivity index (χ4v) is 4.90. The SMILES string of the molecule is CC(O)C1CCC(c2nc(-c3cc4cccc(Cl)c4[nH]3)c3c(N)nccn23)CC1. The number of nitrogens with two attached hydrogens (primary N) is 1. The van der Waals surface area contributed by atoms with E-state index >= 15 is 0 Å². The maximum atomic E-state index is 9.93. The van der Waals surface area contributed by atoms with Crippen LogP contribution >= 0.6 is 11.6 Å². The molecule has 0 spiro atoms. The number of para-hydroxylation sites is 1. The smallest absolute Gasteiger partial charge is 0.150 e. The lowest BCUT2D eigenvalue weighted by Crippen LogP contribution is -2.23. The first-order valence-electron chi connectivity index (χ1n) is 10.1. The van der Waals surface area contributed by atoms with Crippen molar-refractivity contribution in [3.05, 3.63) is 47.5 Å². The molecule has 1 saturated carbocycles. The molecule has 150 valence electrons. The summed E-state index contributed by atoms with van der Waals surface area (Å²) in [4.78, 5) is 12.8. The molecule has 4 aromatic rings. The van der Waals surface area contributed by atoms with Gasteiger partial charge in [0.15, 0.2) is 0 Å². The summed E-state index contributed by atoms with van der Waals surface area (Å²) in [5.41, 5.74) is 9.68. The van der Waals surface area contributed by atoms with Gasteiger partial charge in [-0.1, -0.05) is 23.7 Å². The molecule has 0 aliphatic heterocycles. The average molecular weight is 410 g/mol. The summed E-state index contributed by atoms with van der Waals surface area (Å²) in [5, 5.41) is 11.6. The second-order valence-electron chi connectivity index (χ2n) is 8.09. The van der Waals surface area contributed by atoms with E-state index in [4.69, 9.17) is 22.3 Å². The number of H-pyrrole nitrogens is 1. The van der Waals surface area contributed by atoms with E-state index in [0.29, 0.717) is 22.7 Å². The molecule has 1 aliphatic carbocycles. The number of aromatic amines is 1. The predicted octanol–water partition coefficient (Wildman–Crippen LogP) is 4.77. The minimum absolute atomic E-state index is 0.250. The van der Waals surface area contributed by atoms with Crippen LogP contribution < -0.4 is 5.73 Å². The maximum Gasteiger partial charge on any atom is 0.150 e. The summed E-state index contributed by atoms with van der Waals surface area (Å²) < 4.78 is 2.08. The Hall–Kier alpha value is -2.57. The molecule has 0 amide bonds. The largest absolute Gasteiger partial charge is 0.393 e. The Balaban J connectivity index is 1.62. The Morgan fingerprint density at radius 2 is 2.07 bits per heavy atom. The van der Waals surface area contributed by atoms with Crippen molar-refractivity contribution in [1.29, 1.82) is 0 Å². The molecule has 1 fully saturated rings. The van der Waals surface area contributed by atoms with Gasteiger partial charge in [0.2, 0.25) is 0 Å². The highest BCUT2D eigenvalue weighted by Crippen LogP contribution is 2.39.